The van der Waals surface area contributed by atoms with Gasteiger partial charge in [-0.2, -0.15) is 0 Å². The minimum absolute atomic E-state index is 0.375. The fourth-order valence-electron chi connectivity index (χ4n) is 1.47. The van der Waals surface area contributed by atoms with E-state index in [1.165, 1.54) is 7.11 Å². The Morgan fingerprint density at radius 3 is 2.12 bits per heavy atom. The Bertz CT molecular complexity index is 370. The summed E-state index contributed by atoms with van der Waals surface area (Å²) in [6.45, 7) is 0. The first kappa shape index (κ1) is 13.3. The van der Waals surface area contributed by atoms with Gasteiger partial charge in [-0.15, -0.1) is 0 Å². The molecule has 0 aliphatic rings. The van der Waals surface area contributed by atoms with E-state index in [1.807, 2.05) is 12.1 Å². The van der Waals surface area contributed by atoms with Crippen molar-refractivity contribution in [3.8, 4) is 11.5 Å². The molecule has 0 radical (unpaired) electrons. The quantitative estimate of drug-likeness (QED) is 0.768. The van der Waals surface area contributed by atoms with E-state index in [0.717, 1.165) is 5.56 Å². The van der Waals surface area contributed by atoms with Crippen LogP contribution < -0.4 is 15.2 Å². The smallest absolute Gasteiger partial charge is 0.322 e. The van der Waals surface area contributed by atoms with E-state index in [1.54, 1.807) is 20.3 Å². The molecule has 0 saturated carbocycles. The van der Waals surface area contributed by atoms with Crippen molar-refractivity contribution >= 4 is 5.97 Å². The van der Waals surface area contributed by atoms with E-state index >= 15 is 0 Å². The van der Waals surface area contributed by atoms with Crippen molar-refractivity contribution in [2.45, 2.75) is 12.5 Å². The molecular formula is C12H17NO4. The number of benzene rings is 1. The first-order valence-electron chi connectivity index (χ1n) is 5.16. The van der Waals surface area contributed by atoms with E-state index in [4.69, 9.17) is 15.2 Å². The highest BCUT2D eigenvalue weighted by Gasteiger charge is 2.15. The second kappa shape index (κ2) is 6.10. The number of carbonyl (C=O) groups is 1. The van der Waals surface area contributed by atoms with Gasteiger partial charge in [0.25, 0.3) is 0 Å². The van der Waals surface area contributed by atoms with Crippen LogP contribution in [0.5, 0.6) is 11.5 Å². The zero-order valence-electron chi connectivity index (χ0n) is 10.2. The molecule has 5 nitrogen and oxygen atoms in total. The number of carbonyl (C=O) groups excluding carboxylic acids is 1. The lowest BCUT2D eigenvalue weighted by atomic mass is 10.1. The van der Waals surface area contributed by atoms with Gasteiger partial charge in [0.05, 0.1) is 21.3 Å². The number of esters is 1. The van der Waals surface area contributed by atoms with E-state index in [9.17, 15) is 4.79 Å². The third-order valence-corrected chi connectivity index (χ3v) is 2.37. The molecule has 1 rings (SSSR count). The van der Waals surface area contributed by atoms with Crippen molar-refractivity contribution in [2.75, 3.05) is 21.3 Å². The van der Waals surface area contributed by atoms with Crippen molar-refractivity contribution in [2.24, 2.45) is 5.73 Å². The summed E-state index contributed by atoms with van der Waals surface area (Å²) in [5.41, 5.74) is 6.55. The summed E-state index contributed by atoms with van der Waals surface area (Å²) < 4.78 is 14.8. The first-order chi connectivity index (χ1) is 8.10. The average molecular weight is 239 g/mol. The fraction of sp³-hybridized carbons (Fsp3) is 0.417. The van der Waals surface area contributed by atoms with Crippen LogP contribution in [0, 0.1) is 0 Å². The van der Waals surface area contributed by atoms with Crippen LogP contribution in [-0.4, -0.2) is 33.3 Å². The highest BCUT2D eigenvalue weighted by atomic mass is 16.5. The second-order valence-corrected chi connectivity index (χ2v) is 3.55. The molecule has 0 amide bonds. The van der Waals surface area contributed by atoms with Gasteiger partial charge in [-0.05, 0) is 24.1 Å². The summed E-state index contributed by atoms with van der Waals surface area (Å²) in [5.74, 6) is 0.889. The van der Waals surface area contributed by atoms with E-state index < -0.39 is 12.0 Å². The molecule has 2 N–H and O–H groups in total. The molecule has 1 atom stereocenters. The third-order valence-electron chi connectivity index (χ3n) is 2.37. The summed E-state index contributed by atoms with van der Waals surface area (Å²) >= 11 is 0. The third kappa shape index (κ3) is 3.64. The Kier molecular flexibility index (Phi) is 4.78. The monoisotopic (exact) mass is 239 g/mol. The lowest BCUT2D eigenvalue weighted by molar-refractivity contribution is -0.142. The van der Waals surface area contributed by atoms with Crippen LogP contribution in [0.25, 0.3) is 0 Å². The highest BCUT2D eigenvalue weighted by molar-refractivity contribution is 5.75. The summed E-state index contributed by atoms with van der Waals surface area (Å²) in [6.07, 6.45) is 0.375. The fourth-order valence-corrected chi connectivity index (χ4v) is 1.47. The van der Waals surface area contributed by atoms with Crippen molar-refractivity contribution in [3.63, 3.8) is 0 Å². The normalized spacial score (nSPS) is 11.8. The molecule has 0 aliphatic carbocycles. The minimum Gasteiger partial charge on any atom is -0.497 e. The topological polar surface area (TPSA) is 70.8 Å². The van der Waals surface area contributed by atoms with E-state index in [0.29, 0.717) is 17.9 Å². The lowest BCUT2D eigenvalue weighted by Crippen LogP contribution is -2.33. The Morgan fingerprint density at radius 1 is 1.18 bits per heavy atom. The predicted octanol–water partition coefficient (Wildman–Crippen LogP) is 0.747. The van der Waals surface area contributed by atoms with Crippen LogP contribution in [0.3, 0.4) is 0 Å². The lowest BCUT2D eigenvalue weighted by Gasteiger charge is -2.11. The van der Waals surface area contributed by atoms with Gasteiger partial charge in [0, 0.05) is 6.07 Å². The zero-order valence-corrected chi connectivity index (χ0v) is 10.2. The minimum atomic E-state index is -0.684. The van der Waals surface area contributed by atoms with Crippen LogP contribution in [0.4, 0.5) is 0 Å². The SMILES string of the molecule is COC(=O)[C@@H](N)Cc1cc(OC)cc(OC)c1. The molecule has 1 aromatic rings. The van der Waals surface area contributed by atoms with Crippen LogP contribution >= 0.6 is 0 Å². The Hall–Kier alpha value is -1.75. The predicted molar refractivity (Wildman–Crippen MR) is 63.2 cm³/mol. The molecule has 5 heteroatoms. The number of rotatable bonds is 5. The molecule has 17 heavy (non-hydrogen) atoms. The number of methoxy groups -OCH3 is 3. The first-order valence-corrected chi connectivity index (χ1v) is 5.16. The van der Waals surface area contributed by atoms with Gasteiger partial charge in [0.15, 0.2) is 0 Å². The van der Waals surface area contributed by atoms with Gasteiger partial charge in [0.2, 0.25) is 0 Å². The molecule has 0 heterocycles. The summed E-state index contributed by atoms with van der Waals surface area (Å²) in [5, 5.41) is 0. The maximum Gasteiger partial charge on any atom is 0.322 e. The largest absolute Gasteiger partial charge is 0.497 e. The van der Waals surface area contributed by atoms with Crippen LogP contribution in [0.1, 0.15) is 5.56 Å². The van der Waals surface area contributed by atoms with Crippen LogP contribution in [0.2, 0.25) is 0 Å². The number of hydrogen-bond donors (Lipinski definition) is 1. The van der Waals surface area contributed by atoms with Crippen LogP contribution in [-0.2, 0) is 16.0 Å². The van der Waals surface area contributed by atoms with Gasteiger partial charge >= 0.3 is 5.97 Å². The molecule has 0 saturated heterocycles. The van der Waals surface area contributed by atoms with Gasteiger partial charge in [0.1, 0.15) is 17.5 Å². The average Bonchev–Trinajstić information content (AvgIpc) is 2.36. The molecule has 0 aliphatic heterocycles. The summed E-state index contributed by atoms with van der Waals surface area (Å²) in [6, 6.07) is 4.70. The Morgan fingerprint density at radius 2 is 1.71 bits per heavy atom. The molecule has 94 valence electrons. The zero-order chi connectivity index (χ0) is 12.8. The van der Waals surface area contributed by atoms with Crippen molar-refractivity contribution < 1.29 is 19.0 Å². The van der Waals surface area contributed by atoms with E-state index in [2.05, 4.69) is 4.74 Å². The van der Waals surface area contributed by atoms with Gasteiger partial charge in [-0.1, -0.05) is 0 Å². The van der Waals surface area contributed by atoms with Gasteiger partial charge in [-0.3, -0.25) is 4.79 Å². The van der Waals surface area contributed by atoms with Crippen LogP contribution in [0.15, 0.2) is 18.2 Å². The number of ether oxygens (including phenoxy) is 3. The van der Waals surface area contributed by atoms with E-state index in [-0.39, 0.29) is 0 Å². The molecule has 1 aromatic carbocycles. The molecule has 0 spiro atoms. The molecule has 0 unspecified atom stereocenters. The standard InChI is InChI=1S/C12H17NO4/c1-15-9-4-8(5-10(7-9)16-2)6-11(13)12(14)17-3/h4-5,7,11H,6,13H2,1-3H3/t11-/m0/s1. The number of nitrogens with two attached hydrogens (primary N) is 1. The van der Waals surface area contributed by atoms with Gasteiger partial charge in [-0.25, -0.2) is 0 Å². The van der Waals surface area contributed by atoms with Crippen molar-refractivity contribution in [3.05, 3.63) is 23.8 Å². The summed E-state index contributed by atoms with van der Waals surface area (Å²) in [7, 11) is 4.45. The Balaban J connectivity index is 2.86. The Labute approximate surface area is 100 Å². The molecule has 0 fully saturated rings. The van der Waals surface area contributed by atoms with Gasteiger partial charge < -0.3 is 19.9 Å². The summed E-state index contributed by atoms with van der Waals surface area (Å²) in [4.78, 5) is 11.2. The molecular weight excluding hydrogens is 222 g/mol. The molecule has 0 bridgehead atoms. The highest BCUT2D eigenvalue weighted by Crippen LogP contribution is 2.23. The van der Waals surface area contributed by atoms with Crippen molar-refractivity contribution in [1.29, 1.82) is 0 Å². The maximum absolute atomic E-state index is 11.2. The second-order valence-electron chi connectivity index (χ2n) is 3.55. The molecule has 0 aromatic heterocycles. The van der Waals surface area contributed by atoms with Crippen molar-refractivity contribution in [1.82, 2.24) is 0 Å². The number of hydrogen-bond acceptors (Lipinski definition) is 5. The maximum atomic E-state index is 11.2.